The number of hydrogen-bond acceptors (Lipinski definition) is 6. The second kappa shape index (κ2) is 10.3. The normalized spacial score (nSPS) is 23.7. The lowest BCUT2D eigenvalue weighted by atomic mass is 9.78. The van der Waals surface area contributed by atoms with Crippen LogP contribution in [0.25, 0.3) is 0 Å². The molecule has 0 radical (unpaired) electrons. The molecule has 164 valence electrons. The van der Waals surface area contributed by atoms with E-state index in [2.05, 4.69) is 27.3 Å². The van der Waals surface area contributed by atoms with E-state index in [-0.39, 0.29) is 23.3 Å². The minimum atomic E-state index is -1.18. The molecule has 2 amide bonds. The van der Waals surface area contributed by atoms with Gasteiger partial charge in [-0.25, -0.2) is 0 Å². The third kappa shape index (κ3) is 5.13. The fraction of sp³-hybridized carbons (Fsp3) is 0.455. The predicted molar refractivity (Wildman–Crippen MR) is 121 cm³/mol. The number of halogens is 1. The first kappa shape index (κ1) is 23.4. The van der Waals surface area contributed by atoms with Crippen LogP contribution < -0.4 is 5.32 Å². The number of nitrogens with one attached hydrogen (secondary N) is 1. The zero-order chi connectivity index (χ0) is 22.5. The molecular formula is C22H24BrN3O4S. The summed E-state index contributed by atoms with van der Waals surface area (Å²) in [6.45, 7) is 2.76. The lowest BCUT2D eigenvalue weighted by Crippen LogP contribution is -2.45. The molecule has 1 aromatic rings. The van der Waals surface area contributed by atoms with Gasteiger partial charge in [0.2, 0.25) is 11.8 Å². The summed E-state index contributed by atoms with van der Waals surface area (Å²) in [5.74, 6) is -3.15. The van der Waals surface area contributed by atoms with Crippen LogP contribution in [0.4, 0.5) is 0 Å². The maximum Gasteiger partial charge on any atom is 0.319 e. The number of amides is 2. The fourth-order valence-corrected chi connectivity index (χ4v) is 5.42. The molecule has 1 N–H and O–H groups in total. The molecule has 0 aromatic heterocycles. The van der Waals surface area contributed by atoms with E-state index in [4.69, 9.17) is 4.74 Å². The Bertz CT molecular complexity index is 958. The van der Waals surface area contributed by atoms with Gasteiger partial charge in [0.15, 0.2) is 0 Å². The summed E-state index contributed by atoms with van der Waals surface area (Å²) >= 11 is 4.53. The van der Waals surface area contributed by atoms with Crippen molar-refractivity contribution < 1.29 is 19.1 Å². The molecule has 0 unspecified atom stereocenters. The average Bonchev–Trinajstić information content (AvgIpc) is 2.76. The van der Waals surface area contributed by atoms with Crippen LogP contribution in [0.15, 0.2) is 39.3 Å². The molecule has 2 heterocycles. The lowest BCUT2D eigenvalue weighted by molar-refractivity contribution is -0.150. The second-order valence-electron chi connectivity index (χ2n) is 7.60. The van der Waals surface area contributed by atoms with Crippen LogP contribution in [0, 0.1) is 17.2 Å². The summed E-state index contributed by atoms with van der Waals surface area (Å²) in [5, 5.41) is 12.9. The SMILES string of the molecule is COC(=O)[C@@H]1C(=O)NC(SCC(=O)N2CCCC[C@H]2C)=C(C#N)[C@@H]1c1cccc(Br)c1. The molecule has 7 nitrogen and oxygen atoms in total. The van der Waals surface area contributed by atoms with Gasteiger partial charge < -0.3 is 15.0 Å². The third-order valence-electron chi connectivity index (χ3n) is 5.65. The molecule has 0 aliphatic carbocycles. The predicted octanol–water partition coefficient (Wildman–Crippen LogP) is 3.32. The Hall–Kier alpha value is -2.31. The van der Waals surface area contributed by atoms with Gasteiger partial charge in [-0.2, -0.15) is 5.26 Å². The number of carbonyl (C=O) groups is 3. The molecule has 3 atom stereocenters. The topological polar surface area (TPSA) is 99.5 Å². The van der Waals surface area contributed by atoms with Crippen LogP contribution in [-0.4, -0.2) is 48.1 Å². The molecule has 0 bridgehead atoms. The number of carbonyl (C=O) groups excluding carboxylic acids is 3. The first-order valence-corrected chi connectivity index (χ1v) is 11.9. The Kier molecular flexibility index (Phi) is 7.79. The fourth-order valence-electron chi connectivity index (χ4n) is 4.07. The van der Waals surface area contributed by atoms with Gasteiger partial charge in [-0.05, 0) is 43.9 Å². The molecular weight excluding hydrogens is 482 g/mol. The molecule has 9 heteroatoms. The van der Waals surface area contributed by atoms with Gasteiger partial charge in [-0.1, -0.05) is 39.8 Å². The number of benzene rings is 1. The first-order valence-electron chi connectivity index (χ1n) is 10.1. The van der Waals surface area contributed by atoms with E-state index in [0.717, 1.165) is 42.0 Å². The Labute approximate surface area is 194 Å². The van der Waals surface area contributed by atoms with E-state index in [0.29, 0.717) is 10.6 Å². The molecule has 2 aliphatic heterocycles. The molecule has 31 heavy (non-hydrogen) atoms. The van der Waals surface area contributed by atoms with Gasteiger partial charge in [-0.3, -0.25) is 14.4 Å². The van der Waals surface area contributed by atoms with E-state index in [9.17, 15) is 19.6 Å². The number of ether oxygens (including phenoxy) is 1. The second-order valence-corrected chi connectivity index (χ2v) is 9.50. The van der Waals surface area contributed by atoms with Crippen molar-refractivity contribution in [2.45, 2.75) is 38.1 Å². The Morgan fingerprint density at radius 2 is 2.16 bits per heavy atom. The maximum atomic E-state index is 12.9. The number of nitriles is 1. The monoisotopic (exact) mass is 505 g/mol. The molecule has 0 saturated carbocycles. The minimum absolute atomic E-state index is 0.0228. The summed E-state index contributed by atoms with van der Waals surface area (Å²) in [4.78, 5) is 39.9. The standard InChI is InChI=1S/C22H24BrN3O4S/c1-13-6-3-4-9-26(13)17(27)12-31-21-16(11-24)18(14-7-5-8-15(23)10-14)19(20(28)25-21)22(29)30-2/h5,7-8,10,13,18-19H,3-4,6,9,12H2,1-2H3,(H,25,28)/t13-,18+,19+/m1/s1. The van der Waals surface area contributed by atoms with Crippen molar-refractivity contribution in [2.75, 3.05) is 19.4 Å². The smallest absolute Gasteiger partial charge is 0.319 e. The van der Waals surface area contributed by atoms with Crippen molar-refractivity contribution in [3.8, 4) is 6.07 Å². The van der Waals surface area contributed by atoms with Crippen LogP contribution >= 0.6 is 27.7 Å². The lowest BCUT2D eigenvalue weighted by Gasteiger charge is -2.34. The highest BCUT2D eigenvalue weighted by molar-refractivity contribution is 9.10. The largest absolute Gasteiger partial charge is 0.468 e. The first-order chi connectivity index (χ1) is 14.9. The van der Waals surface area contributed by atoms with Gasteiger partial charge in [-0.15, -0.1) is 0 Å². The van der Waals surface area contributed by atoms with E-state index in [1.807, 2.05) is 17.9 Å². The summed E-state index contributed by atoms with van der Waals surface area (Å²) in [6, 6.07) is 9.49. The highest BCUT2D eigenvalue weighted by Crippen LogP contribution is 2.40. The molecule has 1 saturated heterocycles. The highest BCUT2D eigenvalue weighted by atomic mass is 79.9. The van der Waals surface area contributed by atoms with Crippen molar-refractivity contribution in [3.05, 3.63) is 44.9 Å². The number of likely N-dealkylation sites (tertiary alicyclic amines) is 1. The molecule has 0 spiro atoms. The number of rotatable bonds is 5. The molecule has 3 rings (SSSR count). The highest BCUT2D eigenvalue weighted by Gasteiger charge is 2.44. The maximum absolute atomic E-state index is 12.9. The number of nitrogens with zero attached hydrogens (tertiary/aromatic N) is 2. The minimum Gasteiger partial charge on any atom is -0.468 e. The van der Waals surface area contributed by atoms with Crippen LogP contribution in [0.2, 0.25) is 0 Å². The van der Waals surface area contributed by atoms with Gasteiger partial charge in [0.05, 0.1) is 29.5 Å². The van der Waals surface area contributed by atoms with Crippen molar-refractivity contribution in [3.63, 3.8) is 0 Å². The van der Waals surface area contributed by atoms with Gasteiger partial charge in [0.25, 0.3) is 0 Å². The van der Waals surface area contributed by atoms with Crippen LogP contribution in [0.3, 0.4) is 0 Å². The van der Waals surface area contributed by atoms with Gasteiger partial charge in [0, 0.05) is 23.0 Å². The Morgan fingerprint density at radius 1 is 1.39 bits per heavy atom. The molecule has 2 aliphatic rings. The van der Waals surface area contributed by atoms with E-state index in [1.165, 1.54) is 7.11 Å². The number of methoxy groups -OCH3 is 1. The zero-order valence-corrected chi connectivity index (χ0v) is 19.8. The summed E-state index contributed by atoms with van der Waals surface area (Å²) in [7, 11) is 1.21. The molecule has 1 fully saturated rings. The van der Waals surface area contributed by atoms with E-state index >= 15 is 0 Å². The number of allylic oxidation sites excluding steroid dienone is 1. The van der Waals surface area contributed by atoms with Crippen molar-refractivity contribution >= 4 is 45.5 Å². The summed E-state index contributed by atoms with van der Waals surface area (Å²) in [6.07, 6.45) is 3.07. The zero-order valence-electron chi connectivity index (χ0n) is 17.4. The third-order valence-corrected chi connectivity index (χ3v) is 7.15. The van der Waals surface area contributed by atoms with Crippen molar-refractivity contribution in [1.29, 1.82) is 5.26 Å². The summed E-state index contributed by atoms with van der Waals surface area (Å²) in [5.41, 5.74) is 0.892. The quantitative estimate of drug-likeness (QED) is 0.486. The van der Waals surface area contributed by atoms with E-state index < -0.39 is 23.7 Å². The average molecular weight is 506 g/mol. The molecule has 1 aromatic carbocycles. The summed E-state index contributed by atoms with van der Waals surface area (Å²) < 4.78 is 5.61. The van der Waals surface area contributed by atoms with Gasteiger partial charge in [0.1, 0.15) is 5.92 Å². The number of piperidine rings is 1. The van der Waals surface area contributed by atoms with Crippen molar-refractivity contribution in [2.24, 2.45) is 5.92 Å². The number of thioether (sulfide) groups is 1. The van der Waals surface area contributed by atoms with Crippen LogP contribution in [0.1, 0.15) is 37.7 Å². The van der Waals surface area contributed by atoms with E-state index in [1.54, 1.807) is 18.2 Å². The van der Waals surface area contributed by atoms with Crippen LogP contribution in [0.5, 0.6) is 0 Å². The van der Waals surface area contributed by atoms with Crippen molar-refractivity contribution in [1.82, 2.24) is 10.2 Å². The number of hydrogen-bond donors (Lipinski definition) is 1. The Morgan fingerprint density at radius 3 is 2.81 bits per heavy atom. The Balaban J connectivity index is 1.92. The van der Waals surface area contributed by atoms with Gasteiger partial charge >= 0.3 is 5.97 Å². The van der Waals surface area contributed by atoms with Crippen LogP contribution in [-0.2, 0) is 19.1 Å². The number of esters is 1.